The minimum atomic E-state index is -0.238. The molecule has 3 aromatic carbocycles. The van der Waals surface area contributed by atoms with Crippen LogP contribution in [0.2, 0.25) is 0 Å². The van der Waals surface area contributed by atoms with Crippen molar-refractivity contribution in [2.45, 2.75) is 44.1 Å². The smallest absolute Gasteiger partial charge is 0.262 e. The van der Waals surface area contributed by atoms with Gasteiger partial charge in [0.2, 0.25) is 0 Å². The lowest BCUT2D eigenvalue weighted by Crippen LogP contribution is -2.29. The van der Waals surface area contributed by atoms with E-state index in [4.69, 9.17) is 0 Å². The van der Waals surface area contributed by atoms with Crippen LogP contribution in [0.1, 0.15) is 54.2 Å². The fraction of sp³-hybridized carbons (Fsp3) is 0.270. The number of aromatic amines is 1. The van der Waals surface area contributed by atoms with E-state index in [1.807, 2.05) is 36.5 Å². The summed E-state index contributed by atoms with van der Waals surface area (Å²) in [4.78, 5) is 28.8. The Morgan fingerprint density at radius 2 is 1.64 bits per heavy atom. The third-order valence-corrected chi connectivity index (χ3v) is 9.64. The first-order valence-corrected chi connectivity index (χ1v) is 15.6. The average molecular weight is 582 g/mol. The van der Waals surface area contributed by atoms with E-state index in [1.54, 1.807) is 10.9 Å². The van der Waals surface area contributed by atoms with Crippen molar-refractivity contribution in [2.24, 2.45) is 0 Å². The molecule has 2 aliphatic rings. The van der Waals surface area contributed by atoms with Crippen molar-refractivity contribution in [3.8, 4) is 28.2 Å². The first-order valence-electron chi connectivity index (χ1n) is 15.6. The van der Waals surface area contributed by atoms with Gasteiger partial charge in [0, 0.05) is 33.8 Å². The summed E-state index contributed by atoms with van der Waals surface area (Å²) in [6.07, 6.45) is 8.20. The third-order valence-electron chi connectivity index (χ3n) is 9.64. The predicted octanol–water partition coefficient (Wildman–Crippen LogP) is 6.77. The summed E-state index contributed by atoms with van der Waals surface area (Å²) in [5.74, 6) is 1.24. The molecule has 8 rings (SSSR count). The summed E-state index contributed by atoms with van der Waals surface area (Å²) in [6.45, 7) is 2.05. The van der Waals surface area contributed by atoms with Crippen molar-refractivity contribution in [1.29, 1.82) is 0 Å². The number of benzene rings is 3. The van der Waals surface area contributed by atoms with Crippen LogP contribution >= 0.6 is 0 Å². The zero-order valence-electron chi connectivity index (χ0n) is 24.8. The molecule has 0 amide bonds. The molecule has 1 aliphatic carbocycles. The van der Waals surface area contributed by atoms with Crippen molar-refractivity contribution in [2.75, 3.05) is 20.1 Å². The Bertz CT molecular complexity index is 2060. The first-order chi connectivity index (χ1) is 21.6. The molecule has 2 fully saturated rings. The van der Waals surface area contributed by atoms with Crippen LogP contribution in [0.5, 0.6) is 0 Å². The Hall–Kier alpha value is -4.59. The number of pyridine rings is 1. The van der Waals surface area contributed by atoms with E-state index in [-0.39, 0.29) is 12.2 Å². The highest BCUT2D eigenvalue weighted by Crippen LogP contribution is 2.41. The monoisotopic (exact) mass is 581 g/mol. The zero-order chi connectivity index (χ0) is 29.8. The van der Waals surface area contributed by atoms with E-state index in [0.717, 1.165) is 46.3 Å². The molecule has 1 saturated heterocycles. The van der Waals surface area contributed by atoms with E-state index < -0.39 is 0 Å². The van der Waals surface area contributed by atoms with Gasteiger partial charge in [-0.15, -0.1) is 0 Å². The number of piperidine rings is 1. The second kappa shape index (κ2) is 10.8. The number of hydrogen-bond donors (Lipinski definition) is 2. The number of rotatable bonds is 6. The van der Waals surface area contributed by atoms with E-state index in [2.05, 4.69) is 69.4 Å². The van der Waals surface area contributed by atoms with Crippen molar-refractivity contribution in [1.82, 2.24) is 24.4 Å². The van der Waals surface area contributed by atoms with Gasteiger partial charge in [0.15, 0.2) is 0 Å². The van der Waals surface area contributed by atoms with Crippen molar-refractivity contribution >= 4 is 21.8 Å². The molecule has 0 atom stereocenters. The molecule has 220 valence electrons. The first kappa shape index (κ1) is 27.0. The minimum Gasteiger partial charge on any atom is -0.392 e. The van der Waals surface area contributed by atoms with E-state index >= 15 is 0 Å². The number of H-pyrrole nitrogens is 1. The molecule has 0 unspecified atom stereocenters. The molecule has 7 heteroatoms. The molecule has 1 aliphatic heterocycles. The van der Waals surface area contributed by atoms with Crippen molar-refractivity contribution in [3.63, 3.8) is 0 Å². The van der Waals surface area contributed by atoms with Gasteiger partial charge in [0.25, 0.3) is 5.56 Å². The van der Waals surface area contributed by atoms with E-state index in [9.17, 15) is 9.90 Å². The molecule has 0 spiro atoms. The lowest BCUT2D eigenvalue weighted by Gasteiger charge is -2.29. The topological polar surface area (TPSA) is 87.0 Å². The highest BCUT2D eigenvalue weighted by molar-refractivity contribution is 5.95. The molecule has 0 radical (unpaired) electrons. The lowest BCUT2D eigenvalue weighted by atomic mass is 9.89. The minimum absolute atomic E-state index is 0.0999. The van der Waals surface area contributed by atoms with Crippen LogP contribution < -0.4 is 5.56 Å². The van der Waals surface area contributed by atoms with Crippen LogP contribution in [0.25, 0.3) is 50.0 Å². The number of nitrogens with one attached hydrogen (secondary N) is 1. The maximum absolute atomic E-state index is 13.7. The van der Waals surface area contributed by atoms with Gasteiger partial charge in [-0.3, -0.25) is 9.36 Å². The van der Waals surface area contributed by atoms with Gasteiger partial charge in [-0.2, -0.15) is 0 Å². The quantitative estimate of drug-likeness (QED) is 0.227. The standard InChI is InChI=1S/C37H35N5O2/c1-41-16-13-25(14-17-41)23-7-9-26(10-8-23)33-20-31-35(38-22-39-36(31)40-33)30-3-2-4-34(32(30)21-43)42-18-15-28-19-27(24-5-6-24)11-12-29(28)37(42)44/h2-4,7-12,15,18-20,22,24-25,43H,5-6,13-14,16-17,21H2,1H3,(H,38,39,40). The second-order valence-electron chi connectivity index (χ2n) is 12.4. The van der Waals surface area contributed by atoms with Crippen LogP contribution in [0, 0.1) is 0 Å². The van der Waals surface area contributed by atoms with Crippen LogP contribution in [0.15, 0.2) is 90.1 Å². The van der Waals surface area contributed by atoms with Crippen LogP contribution in [-0.2, 0) is 6.61 Å². The molecule has 4 heterocycles. The fourth-order valence-corrected chi connectivity index (χ4v) is 6.90. The van der Waals surface area contributed by atoms with Gasteiger partial charge < -0.3 is 15.0 Å². The number of aromatic nitrogens is 4. The summed E-state index contributed by atoms with van der Waals surface area (Å²) >= 11 is 0. The average Bonchev–Trinajstić information content (AvgIpc) is 3.82. The molecular weight excluding hydrogens is 546 g/mol. The Morgan fingerprint density at radius 1 is 0.864 bits per heavy atom. The third kappa shape index (κ3) is 4.73. The number of fused-ring (bicyclic) bond motifs is 2. The van der Waals surface area contributed by atoms with Crippen LogP contribution in [-0.4, -0.2) is 49.7 Å². The molecule has 2 N–H and O–H groups in total. The van der Waals surface area contributed by atoms with Gasteiger partial charge in [-0.05, 0) is 104 Å². The molecule has 6 aromatic rings. The van der Waals surface area contributed by atoms with E-state index in [1.165, 1.54) is 36.8 Å². The van der Waals surface area contributed by atoms with Crippen LogP contribution in [0.3, 0.4) is 0 Å². The molecular formula is C37H35N5O2. The summed E-state index contributed by atoms with van der Waals surface area (Å²) in [6, 6.07) is 24.9. The predicted molar refractivity (Wildman–Crippen MR) is 175 cm³/mol. The number of aliphatic hydroxyl groups excluding tert-OH is 1. The Balaban J connectivity index is 1.17. The Morgan fingerprint density at radius 3 is 2.41 bits per heavy atom. The highest BCUT2D eigenvalue weighted by Gasteiger charge is 2.24. The largest absolute Gasteiger partial charge is 0.392 e. The number of aliphatic hydroxyl groups is 1. The number of likely N-dealkylation sites (tertiary alicyclic amines) is 1. The number of hydrogen-bond acceptors (Lipinski definition) is 5. The zero-order valence-corrected chi connectivity index (χ0v) is 24.8. The maximum Gasteiger partial charge on any atom is 0.262 e. The van der Waals surface area contributed by atoms with Crippen LogP contribution in [0.4, 0.5) is 0 Å². The van der Waals surface area contributed by atoms with Gasteiger partial charge in [0.1, 0.15) is 12.0 Å². The van der Waals surface area contributed by atoms with Crippen molar-refractivity contribution < 1.29 is 5.11 Å². The maximum atomic E-state index is 13.7. The Labute approximate surface area is 255 Å². The van der Waals surface area contributed by atoms with Gasteiger partial charge >= 0.3 is 0 Å². The lowest BCUT2D eigenvalue weighted by molar-refractivity contribution is 0.255. The Kier molecular flexibility index (Phi) is 6.65. The van der Waals surface area contributed by atoms with E-state index in [0.29, 0.717) is 34.2 Å². The SMILES string of the molecule is CN1CCC(c2ccc(-c3cc4c(-c5cccc(-n6ccc7cc(C8CC8)ccc7c6=O)c5CO)ncnc4[nH]3)cc2)CC1. The second-order valence-corrected chi connectivity index (χ2v) is 12.4. The fourth-order valence-electron chi connectivity index (χ4n) is 6.90. The summed E-state index contributed by atoms with van der Waals surface area (Å²) in [5, 5.41) is 13.2. The van der Waals surface area contributed by atoms with Gasteiger partial charge in [-0.25, -0.2) is 9.97 Å². The van der Waals surface area contributed by atoms with Gasteiger partial charge in [0.05, 0.1) is 18.0 Å². The molecule has 0 bridgehead atoms. The molecule has 44 heavy (non-hydrogen) atoms. The highest BCUT2D eigenvalue weighted by atomic mass is 16.3. The van der Waals surface area contributed by atoms with Gasteiger partial charge in [-0.1, -0.05) is 48.5 Å². The van der Waals surface area contributed by atoms with Crippen molar-refractivity contribution in [3.05, 3.63) is 112 Å². The summed E-state index contributed by atoms with van der Waals surface area (Å²) in [7, 11) is 2.19. The molecule has 3 aromatic heterocycles. The normalized spacial score (nSPS) is 16.2. The molecule has 1 saturated carbocycles. The molecule has 7 nitrogen and oxygen atoms in total. The summed E-state index contributed by atoms with van der Waals surface area (Å²) in [5.41, 5.74) is 8.18. The summed E-state index contributed by atoms with van der Waals surface area (Å²) < 4.78 is 1.64. The number of nitrogens with zero attached hydrogens (tertiary/aromatic N) is 4.